The van der Waals surface area contributed by atoms with Crippen LogP contribution in [-0.2, 0) is 4.79 Å². The van der Waals surface area contributed by atoms with Crippen LogP contribution >= 0.6 is 0 Å². The molecule has 0 aliphatic carbocycles. The Balaban J connectivity index is 2.24. The van der Waals surface area contributed by atoms with Crippen LogP contribution in [0.1, 0.15) is 24.2 Å². The van der Waals surface area contributed by atoms with E-state index in [0.717, 1.165) is 11.1 Å². The molecule has 2 rings (SSSR count). The van der Waals surface area contributed by atoms with Crippen LogP contribution in [0, 0.1) is 0 Å². The third kappa shape index (κ3) is 3.71. The molecule has 0 saturated heterocycles. The fourth-order valence-corrected chi connectivity index (χ4v) is 2.31. The Kier molecular flexibility index (Phi) is 5.41. The van der Waals surface area contributed by atoms with Crippen molar-refractivity contribution in [3.8, 4) is 16.9 Å². The van der Waals surface area contributed by atoms with Gasteiger partial charge in [0, 0.05) is 30.1 Å². The molecule has 6 nitrogen and oxygen atoms in total. The van der Waals surface area contributed by atoms with Crippen molar-refractivity contribution in [2.45, 2.75) is 19.9 Å². The summed E-state index contributed by atoms with van der Waals surface area (Å²) < 4.78 is 5.35. The lowest BCUT2D eigenvalue weighted by atomic mass is 10.0. The molecule has 0 aliphatic heterocycles. The number of para-hydroxylation sites is 1. The van der Waals surface area contributed by atoms with Gasteiger partial charge in [-0.1, -0.05) is 18.2 Å². The number of carbonyl (C=O) groups is 2. The average molecular weight is 315 g/mol. The highest BCUT2D eigenvalue weighted by Gasteiger charge is 2.20. The quantitative estimate of drug-likeness (QED) is 0.762. The van der Waals surface area contributed by atoms with Gasteiger partial charge in [-0.05, 0) is 19.9 Å². The van der Waals surface area contributed by atoms with Crippen molar-refractivity contribution >= 4 is 11.8 Å². The summed E-state index contributed by atoms with van der Waals surface area (Å²) in [7, 11) is 1.59. The second-order valence-electron chi connectivity index (χ2n) is 5.07. The number of hydrogen-bond donors (Lipinski definition) is 3. The molecule has 0 saturated carbocycles. The molecular formula is C17H21N3O3. The number of aromatic amines is 1. The van der Waals surface area contributed by atoms with Crippen LogP contribution in [0.4, 0.5) is 0 Å². The zero-order valence-electron chi connectivity index (χ0n) is 13.5. The fourth-order valence-electron chi connectivity index (χ4n) is 2.31. The highest BCUT2D eigenvalue weighted by Crippen LogP contribution is 2.31. The van der Waals surface area contributed by atoms with Gasteiger partial charge in [0.15, 0.2) is 0 Å². The standard InChI is InChI=1S/C17H21N3O3/c1-4-19-16(21)11(2)20-17(22)14-10-18-9-13(14)12-7-5-6-8-15(12)23-3/h5-11,18H,4H2,1-3H3,(H,19,21)(H,20,22). The van der Waals surface area contributed by atoms with E-state index in [9.17, 15) is 9.59 Å². The van der Waals surface area contributed by atoms with Crippen molar-refractivity contribution in [3.63, 3.8) is 0 Å². The van der Waals surface area contributed by atoms with E-state index in [0.29, 0.717) is 17.9 Å². The van der Waals surface area contributed by atoms with Gasteiger partial charge in [-0.3, -0.25) is 9.59 Å². The molecule has 3 N–H and O–H groups in total. The third-order valence-electron chi connectivity index (χ3n) is 3.48. The Bertz CT molecular complexity index is 694. The molecule has 1 unspecified atom stereocenters. The summed E-state index contributed by atoms with van der Waals surface area (Å²) in [6.07, 6.45) is 3.35. The predicted molar refractivity (Wildman–Crippen MR) is 88.4 cm³/mol. The Labute approximate surface area is 135 Å². The highest BCUT2D eigenvalue weighted by molar-refractivity contribution is 6.03. The lowest BCUT2D eigenvalue weighted by Crippen LogP contribution is -2.44. The van der Waals surface area contributed by atoms with Gasteiger partial charge in [0.1, 0.15) is 11.8 Å². The van der Waals surface area contributed by atoms with Crippen molar-refractivity contribution in [3.05, 3.63) is 42.2 Å². The summed E-state index contributed by atoms with van der Waals surface area (Å²) in [6, 6.07) is 6.85. The van der Waals surface area contributed by atoms with Crippen molar-refractivity contribution in [2.75, 3.05) is 13.7 Å². The van der Waals surface area contributed by atoms with E-state index in [4.69, 9.17) is 4.74 Å². The van der Waals surface area contributed by atoms with Crippen LogP contribution in [-0.4, -0.2) is 36.5 Å². The molecule has 1 aromatic carbocycles. The van der Waals surface area contributed by atoms with Gasteiger partial charge >= 0.3 is 0 Å². The lowest BCUT2D eigenvalue weighted by molar-refractivity contribution is -0.122. The van der Waals surface area contributed by atoms with E-state index >= 15 is 0 Å². The molecule has 122 valence electrons. The number of rotatable bonds is 6. The number of ether oxygens (including phenoxy) is 1. The second-order valence-corrected chi connectivity index (χ2v) is 5.07. The molecule has 23 heavy (non-hydrogen) atoms. The molecule has 0 fully saturated rings. The number of aromatic nitrogens is 1. The first-order chi connectivity index (χ1) is 11.1. The maximum Gasteiger partial charge on any atom is 0.254 e. The Hall–Kier alpha value is -2.76. The minimum absolute atomic E-state index is 0.213. The Morgan fingerprint density at radius 2 is 1.96 bits per heavy atom. The summed E-state index contributed by atoms with van der Waals surface area (Å²) in [6.45, 7) is 4.01. The van der Waals surface area contributed by atoms with E-state index in [-0.39, 0.29) is 11.8 Å². The maximum atomic E-state index is 12.5. The number of likely N-dealkylation sites (N-methyl/N-ethyl adjacent to an activating group) is 1. The van der Waals surface area contributed by atoms with Crippen LogP contribution in [0.15, 0.2) is 36.7 Å². The first kappa shape index (κ1) is 16.6. The van der Waals surface area contributed by atoms with Gasteiger partial charge in [-0.25, -0.2) is 0 Å². The molecule has 0 bridgehead atoms. The summed E-state index contributed by atoms with van der Waals surface area (Å²) >= 11 is 0. The summed E-state index contributed by atoms with van der Waals surface area (Å²) in [4.78, 5) is 27.2. The van der Waals surface area contributed by atoms with Gasteiger partial charge in [0.2, 0.25) is 5.91 Å². The molecule has 0 spiro atoms. The zero-order valence-corrected chi connectivity index (χ0v) is 13.5. The highest BCUT2D eigenvalue weighted by atomic mass is 16.5. The molecule has 2 amide bonds. The molecule has 0 aliphatic rings. The first-order valence-electron chi connectivity index (χ1n) is 7.47. The van der Waals surface area contributed by atoms with Crippen molar-refractivity contribution in [1.82, 2.24) is 15.6 Å². The van der Waals surface area contributed by atoms with Crippen LogP contribution < -0.4 is 15.4 Å². The van der Waals surface area contributed by atoms with E-state index in [2.05, 4.69) is 15.6 Å². The minimum Gasteiger partial charge on any atom is -0.496 e. The van der Waals surface area contributed by atoms with Crippen LogP contribution in [0.3, 0.4) is 0 Å². The van der Waals surface area contributed by atoms with E-state index in [1.54, 1.807) is 26.4 Å². The number of benzene rings is 1. The number of H-pyrrole nitrogens is 1. The molecule has 1 heterocycles. The Morgan fingerprint density at radius 1 is 1.22 bits per heavy atom. The van der Waals surface area contributed by atoms with E-state index < -0.39 is 6.04 Å². The number of amides is 2. The summed E-state index contributed by atoms with van der Waals surface area (Å²) in [5.41, 5.74) is 2.00. The van der Waals surface area contributed by atoms with Crippen molar-refractivity contribution < 1.29 is 14.3 Å². The van der Waals surface area contributed by atoms with Gasteiger partial charge in [0.05, 0.1) is 12.7 Å². The fraction of sp³-hybridized carbons (Fsp3) is 0.294. The molecule has 0 radical (unpaired) electrons. The number of nitrogens with one attached hydrogen (secondary N) is 3. The van der Waals surface area contributed by atoms with Gasteiger partial charge in [0.25, 0.3) is 5.91 Å². The predicted octanol–water partition coefficient (Wildman–Crippen LogP) is 1.94. The number of hydrogen-bond acceptors (Lipinski definition) is 3. The molecule has 1 atom stereocenters. The molecule has 1 aromatic heterocycles. The minimum atomic E-state index is -0.608. The SMILES string of the molecule is CCNC(=O)C(C)NC(=O)c1c[nH]cc1-c1ccccc1OC. The largest absolute Gasteiger partial charge is 0.496 e. The second kappa shape index (κ2) is 7.49. The van der Waals surface area contributed by atoms with Gasteiger partial charge in [-0.2, -0.15) is 0 Å². The number of carbonyl (C=O) groups excluding carboxylic acids is 2. The maximum absolute atomic E-state index is 12.5. The monoisotopic (exact) mass is 315 g/mol. The molecular weight excluding hydrogens is 294 g/mol. The van der Waals surface area contributed by atoms with E-state index in [1.807, 2.05) is 31.2 Å². The first-order valence-corrected chi connectivity index (χ1v) is 7.47. The summed E-state index contributed by atoms with van der Waals surface area (Å²) in [5.74, 6) is 0.152. The molecule has 6 heteroatoms. The average Bonchev–Trinajstić information content (AvgIpc) is 3.04. The van der Waals surface area contributed by atoms with Crippen LogP contribution in [0.25, 0.3) is 11.1 Å². The van der Waals surface area contributed by atoms with Crippen LogP contribution in [0.5, 0.6) is 5.75 Å². The lowest BCUT2D eigenvalue weighted by Gasteiger charge is -2.14. The topological polar surface area (TPSA) is 83.2 Å². The number of methoxy groups -OCH3 is 1. The molecule has 2 aromatic rings. The van der Waals surface area contributed by atoms with Gasteiger partial charge in [-0.15, -0.1) is 0 Å². The van der Waals surface area contributed by atoms with Crippen molar-refractivity contribution in [2.24, 2.45) is 0 Å². The van der Waals surface area contributed by atoms with E-state index in [1.165, 1.54) is 0 Å². The third-order valence-corrected chi connectivity index (χ3v) is 3.48. The smallest absolute Gasteiger partial charge is 0.254 e. The normalized spacial score (nSPS) is 11.6. The summed E-state index contributed by atoms with van der Waals surface area (Å²) in [5, 5.41) is 5.38. The Morgan fingerprint density at radius 3 is 2.65 bits per heavy atom. The van der Waals surface area contributed by atoms with Crippen molar-refractivity contribution in [1.29, 1.82) is 0 Å². The van der Waals surface area contributed by atoms with Crippen LogP contribution in [0.2, 0.25) is 0 Å². The zero-order chi connectivity index (χ0) is 16.8. The van der Waals surface area contributed by atoms with Gasteiger partial charge < -0.3 is 20.4 Å².